The summed E-state index contributed by atoms with van der Waals surface area (Å²) < 4.78 is 6.06. The summed E-state index contributed by atoms with van der Waals surface area (Å²) >= 11 is 0. The van der Waals surface area contributed by atoms with Crippen LogP contribution in [0.2, 0.25) is 0 Å². The molecule has 3 aromatic rings. The molecule has 1 fully saturated rings. The molecule has 0 atom stereocenters. The Morgan fingerprint density at radius 2 is 1.70 bits per heavy atom. The highest BCUT2D eigenvalue weighted by Gasteiger charge is 2.31. The Labute approximate surface area is 213 Å². The molecule has 2 aliphatic rings. The van der Waals surface area contributed by atoms with Crippen LogP contribution in [-0.2, 0) is 6.42 Å². The molecule has 0 saturated carbocycles. The second-order valence-corrected chi connectivity index (χ2v) is 9.13. The summed E-state index contributed by atoms with van der Waals surface area (Å²) in [5, 5.41) is 15.2. The van der Waals surface area contributed by atoms with E-state index < -0.39 is 10.8 Å². The van der Waals surface area contributed by atoms with Crippen molar-refractivity contribution in [2.24, 2.45) is 5.10 Å². The summed E-state index contributed by atoms with van der Waals surface area (Å²) in [6.45, 7) is 4.55. The van der Waals surface area contributed by atoms with Gasteiger partial charge in [-0.25, -0.2) is 5.43 Å². The SMILES string of the molecule is Cc1c(C(=O)N2CCN(c3ccccc3)CC2)oc2c1/C(=N/NC(=O)c1ccc([N+](=O)[O-])cc1)CCC2. The first-order valence-electron chi connectivity index (χ1n) is 12.3. The smallest absolute Gasteiger partial charge is 0.289 e. The first kappa shape index (κ1) is 24.2. The molecule has 37 heavy (non-hydrogen) atoms. The standard InChI is InChI=1S/C27H27N5O5/c1-18-24-22(28-29-26(33)19-10-12-21(13-11-19)32(35)36)8-5-9-23(24)37-25(18)27(34)31-16-14-30(15-17-31)20-6-3-2-4-7-20/h2-4,6-7,10-13H,5,8-9,14-17H2,1H3,(H,29,33)/b28-22+. The largest absolute Gasteiger partial charge is 0.455 e. The summed E-state index contributed by atoms with van der Waals surface area (Å²) in [5.41, 5.74) is 6.03. The molecule has 5 rings (SSSR count). The van der Waals surface area contributed by atoms with Gasteiger partial charge in [-0.2, -0.15) is 5.10 Å². The number of carbonyl (C=O) groups is 2. The molecule has 2 heterocycles. The van der Waals surface area contributed by atoms with Crippen LogP contribution in [0.3, 0.4) is 0 Å². The van der Waals surface area contributed by atoms with Gasteiger partial charge in [-0.15, -0.1) is 0 Å². The van der Waals surface area contributed by atoms with Crippen LogP contribution in [0.1, 0.15) is 50.6 Å². The number of anilines is 1. The van der Waals surface area contributed by atoms with Gasteiger partial charge < -0.3 is 14.2 Å². The molecule has 0 bridgehead atoms. The fourth-order valence-corrected chi connectivity index (χ4v) is 4.85. The van der Waals surface area contributed by atoms with Crippen molar-refractivity contribution in [3.05, 3.63) is 92.9 Å². The van der Waals surface area contributed by atoms with Crippen LogP contribution >= 0.6 is 0 Å². The van der Waals surface area contributed by atoms with Crippen LogP contribution < -0.4 is 10.3 Å². The van der Waals surface area contributed by atoms with Gasteiger partial charge in [0.25, 0.3) is 17.5 Å². The first-order chi connectivity index (χ1) is 17.9. The Hall–Kier alpha value is -4.47. The fraction of sp³-hybridized carbons (Fsp3) is 0.296. The van der Waals surface area contributed by atoms with Crippen molar-refractivity contribution in [1.29, 1.82) is 0 Å². The number of non-ortho nitro benzene ring substituents is 1. The third-order valence-corrected chi connectivity index (χ3v) is 6.84. The molecule has 0 spiro atoms. The number of benzene rings is 2. The monoisotopic (exact) mass is 501 g/mol. The normalized spacial score (nSPS) is 16.4. The van der Waals surface area contributed by atoms with Gasteiger partial charge in [0.1, 0.15) is 5.76 Å². The van der Waals surface area contributed by atoms with Crippen molar-refractivity contribution < 1.29 is 18.9 Å². The highest BCUT2D eigenvalue weighted by atomic mass is 16.6. The zero-order valence-corrected chi connectivity index (χ0v) is 20.5. The van der Waals surface area contributed by atoms with E-state index in [1.807, 2.05) is 30.0 Å². The van der Waals surface area contributed by atoms with E-state index in [-0.39, 0.29) is 17.2 Å². The van der Waals surface area contributed by atoms with E-state index in [1.165, 1.54) is 24.3 Å². The molecule has 1 N–H and O–H groups in total. The number of carbonyl (C=O) groups excluding carboxylic acids is 2. The van der Waals surface area contributed by atoms with Crippen molar-refractivity contribution in [1.82, 2.24) is 10.3 Å². The molecular weight excluding hydrogens is 474 g/mol. The van der Waals surface area contributed by atoms with E-state index >= 15 is 0 Å². The molecule has 1 saturated heterocycles. The Morgan fingerprint density at radius 1 is 1.00 bits per heavy atom. The minimum Gasteiger partial charge on any atom is -0.455 e. The Kier molecular flexibility index (Phi) is 6.72. The maximum absolute atomic E-state index is 13.4. The van der Waals surface area contributed by atoms with Crippen LogP contribution in [0, 0.1) is 17.0 Å². The van der Waals surface area contributed by atoms with Gasteiger partial charge in [0.2, 0.25) is 0 Å². The quantitative estimate of drug-likeness (QED) is 0.418. The lowest BCUT2D eigenvalue weighted by Gasteiger charge is -2.35. The second-order valence-electron chi connectivity index (χ2n) is 9.13. The number of hydrogen-bond acceptors (Lipinski definition) is 7. The van der Waals surface area contributed by atoms with Gasteiger partial charge in [0, 0.05) is 67.1 Å². The van der Waals surface area contributed by atoms with E-state index in [4.69, 9.17) is 4.42 Å². The molecule has 0 radical (unpaired) electrons. The number of piperazine rings is 1. The number of nitrogens with zero attached hydrogens (tertiary/aromatic N) is 4. The molecule has 1 aliphatic carbocycles. The van der Waals surface area contributed by atoms with Crippen molar-refractivity contribution >= 4 is 28.9 Å². The maximum Gasteiger partial charge on any atom is 0.289 e. The highest BCUT2D eigenvalue weighted by molar-refractivity contribution is 6.07. The lowest BCUT2D eigenvalue weighted by molar-refractivity contribution is -0.384. The zero-order valence-electron chi connectivity index (χ0n) is 20.5. The molecule has 2 amide bonds. The van der Waals surface area contributed by atoms with E-state index in [0.717, 1.165) is 36.3 Å². The van der Waals surface area contributed by atoms with Crippen LogP contribution in [0.4, 0.5) is 11.4 Å². The topological polar surface area (TPSA) is 121 Å². The number of fused-ring (bicyclic) bond motifs is 1. The number of nitro groups is 1. The number of para-hydroxylation sites is 1. The predicted molar refractivity (Wildman–Crippen MR) is 138 cm³/mol. The molecule has 10 nitrogen and oxygen atoms in total. The summed E-state index contributed by atoms with van der Waals surface area (Å²) in [6, 6.07) is 15.5. The zero-order chi connectivity index (χ0) is 25.9. The number of hydrazone groups is 1. The summed E-state index contributed by atoms with van der Waals surface area (Å²) in [5.74, 6) is 0.435. The van der Waals surface area contributed by atoms with Gasteiger partial charge in [-0.3, -0.25) is 19.7 Å². The average molecular weight is 502 g/mol. The minimum absolute atomic E-state index is 0.0903. The van der Waals surface area contributed by atoms with Crippen molar-refractivity contribution in [2.45, 2.75) is 26.2 Å². The van der Waals surface area contributed by atoms with Crippen LogP contribution in [0.5, 0.6) is 0 Å². The molecule has 1 aliphatic heterocycles. The molecular formula is C27H27N5O5. The average Bonchev–Trinajstić information content (AvgIpc) is 3.28. The highest BCUT2D eigenvalue weighted by Crippen LogP contribution is 2.31. The Balaban J connectivity index is 1.29. The lowest BCUT2D eigenvalue weighted by atomic mass is 9.93. The number of nitro benzene ring substituents is 1. The maximum atomic E-state index is 13.4. The van der Waals surface area contributed by atoms with E-state index in [1.54, 1.807) is 0 Å². The van der Waals surface area contributed by atoms with Gasteiger partial charge in [0.15, 0.2) is 5.76 Å². The number of rotatable bonds is 5. The fourth-order valence-electron chi connectivity index (χ4n) is 4.85. The number of furan rings is 1. The summed E-state index contributed by atoms with van der Waals surface area (Å²) in [6.07, 6.45) is 2.12. The van der Waals surface area contributed by atoms with Crippen LogP contribution in [0.25, 0.3) is 0 Å². The van der Waals surface area contributed by atoms with E-state index in [0.29, 0.717) is 43.2 Å². The van der Waals surface area contributed by atoms with Gasteiger partial charge in [-0.1, -0.05) is 18.2 Å². The van der Waals surface area contributed by atoms with Gasteiger partial charge >= 0.3 is 0 Å². The van der Waals surface area contributed by atoms with Crippen molar-refractivity contribution in [3.63, 3.8) is 0 Å². The number of aryl methyl sites for hydroxylation is 1. The molecule has 190 valence electrons. The number of amides is 2. The first-order valence-corrected chi connectivity index (χ1v) is 12.3. The molecule has 2 aromatic carbocycles. The Morgan fingerprint density at radius 3 is 2.38 bits per heavy atom. The summed E-state index contributed by atoms with van der Waals surface area (Å²) in [4.78, 5) is 40.3. The van der Waals surface area contributed by atoms with Crippen molar-refractivity contribution in [2.75, 3.05) is 31.1 Å². The third-order valence-electron chi connectivity index (χ3n) is 6.84. The van der Waals surface area contributed by atoms with Crippen molar-refractivity contribution in [3.8, 4) is 0 Å². The minimum atomic E-state index is -0.519. The van der Waals surface area contributed by atoms with Gasteiger partial charge in [-0.05, 0) is 44.0 Å². The second kappa shape index (κ2) is 10.3. The number of nitrogens with one attached hydrogen (secondary N) is 1. The van der Waals surface area contributed by atoms with E-state index in [9.17, 15) is 19.7 Å². The lowest BCUT2D eigenvalue weighted by Crippen LogP contribution is -2.48. The number of hydrogen-bond donors (Lipinski definition) is 1. The van der Waals surface area contributed by atoms with Crippen LogP contribution in [0.15, 0.2) is 64.1 Å². The predicted octanol–water partition coefficient (Wildman–Crippen LogP) is 3.93. The molecule has 1 aromatic heterocycles. The Bertz CT molecular complexity index is 1360. The van der Waals surface area contributed by atoms with Gasteiger partial charge in [0.05, 0.1) is 10.6 Å². The molecule has 10 heteroatoms. The molecule has 0 unspecified atom stereocenters. The summed E-state index contributed by atoms with van der Waals surface area (Å²) in [7, 11) is 0. The third kappa shape index (κ3) is 4.95. The van der Waals surface area contributed by atoms with E-state index in [2.05, 4.69) is 27.6 Å². The van der Waals surface area contributed by atoms with Crippen LogP contribution in [-0.4, -0.2) is 53.5 Å².